The molecule has 1 aliphatic heterocycles. The molecule has 0 bridgehead atoms. The lowest BCUT2D eigenvalue weighted by Crippen LogP contribution is -2.30. The Hall–Kier alpha value is -3.45. The summed E-state index contributed by atoms with van der Waals surface area (Å²) < 4.78 is 3.59. The second kappa shape index (κ2) is 6.94. The first kappa shape index (κ1) is 16.7. The standard InChI is InChI=1S/C21H20N6O/c28-21-22-19-8-4-5-9-20(19)27(21)18-10-12-25(13-11-18)14-16-15-26(24-23-16)17-6-2-1-3-7-17/h1-10,15H,11-14H2,(H,22,28). The summed E-state index contributed by atoms with van der Waals surface area (Å²) in [7, 11) is 0. The summed E-state index contributed by atoms with van der Waals surface area (Å²) in [4.78, 5) is 17.6. The molecule has 4 aromatic rings. The minimum atomic E-state index is -0.0771. The van der Waals surface area contributed by atoms with Crippen LogP contribution in [0.3, 0.4) is 0 Å². The van der Waals surface area contributed by atoms with E-state index in [1.807, 2.05) is 60.8 Å². The molecule has 0 amide bonds. The highest BCUT2D eigenvalue weighted by atomic mass is 16.1. The number of rotatable bonds is 4. The van der Waals surface area contributed by atoms with Gasteiger partial charge in [-0.05, 0) is 24.3 Å². The molecular weight excluding hydrogens is 352 g/mol. The van der Waals surface area contributed by atoms with Crippen LogP contribution in [0, 0.1) is 0 Å². The zero-order chi connectivity index (χ0) is 18.9. The van der Waals surface area contributed by atoms with Crippen molar-refractivity contribution in [3.8, 4) is 5.69 Å². The number of fused-ring (bicyclic) bond motifs is 1. The highest BCUT2D eigenvalue weighted by molar-refractivity contribution is 5.79. The first-order valence-electron chi connectivity index (χ1n) is 9.36. The van der Waals surface area contributed by atoms with Crippen LogP contribution in [0.1, 0.15) is 12.1 Å². The molecular formula is C21H20N6O. The summed E-state index contributed by atoms with van der Waals surface area (Å²) in [5, 5.41) is 8.53. The molecule has 7 heteroatoms. The van der Waals surface area contributed by atoms with Crippen LogP contribution in [0.5, 0.6) is 0 Å². The number of para-hydroxylation sites is 3. The maximum Gasteiger partial charge on any atom is 0.330 e. The van der Waals surface area contributed by atoms with Gasteiger partial charge in [0.05, 0.1) is 28.6 Å². The molecule has 7 nitrogen and oxygen atoms in total. The average molecular weight is 372 g/mol. The summed E-state index contributed by atoms with van der Waals surface area (Å²) in [5.41, 5.74) is 4.70. The number of nitrogens with one attached hydrogen (secondary N) is 1. The van der Waals surface area contributed by atoms with Gasteiger partial charge in [-0.1, -0.05) is 41.6 Å². The van der Waals surface area contributed by atoms with Crippen molar-refractivity contribution in [3.63, 3.8) is 0 Å². The highest BCUT2D eigenvalue weighted by Gasteiger charge is 2.17. The van der Waals surface area contributed by atoms with E-state index in [-0.39, 0.29) is 5.69 Å². The minimum Gasteiger partial charge on any atom is -0.305 e. The lowest BCUT2D eigenvalue weighted by molar-refractivity contribution is 0.288. The van der Waals surface area contributed by atoms with Gasteiger partial charge in [0.2, 0.25) is 0 Å². The zero-order valence-corrected chi connectivity index (χ0v) is 15.3. The predicted octanol–water partition coefficient (Wildman–Crippen LogP) is 2.66. The van der Waals surface area contributed by atoms with Gasteiger partial charge >= 0.3 is 5.69 Å². The molecule has 0 radical (unpaired) electrons. The molecule has 5 rings (SSSR count). The van der Waals surface area contributed by atoms with Gasteiger partial charge in [0.25, 0.3) is 0 Å². The normalized spacial score (nSPS) is 15.1. The Morgan fingerprint density at radius 1 is 1.04 bits per heavy atom. The van der Waals surface area contributed by atoms with Crippen LogP contribution in [0.2, 0.25) is 0 Å². The van der Waals surface area contributed by atoms with E-state index in [4.69, 9.17) is 0 Å². The molecule has 0 spiro atoms. The molecule has 0 saturated heterocycles. The molecule has 0 unspecified atom stereocenters. The zero-order valence-electron chi connectivity index (χ0n) is 15.3. The monoisotopic (exact) mass is 372 g/mol. The molecule has 0 fully saturated rings. The Bertz CT molecular complexity index is 1200. The Morgan fingerprint density at radius 2 is 1.86 bits per heavy atom. The Kier molecular flexibility index (Phi) is 4.14. The molecule has 1 N–H and O–H groups in total. The summed E-state index contributed by atoms with van der Waals surface area (Å²) in [6, 6.07) is 17.8. The number of imidazole rings is 1. The van der Waals surface area contributed by atoms with Crippen molar-refractivity contribution >= 4 is 16.7 Å². The van der Waals surface area contributed by atoms with Gasteiger partial charge in [-0.2, -0.15) is 0 Å². The predicted molar refractivity (Wildman–Crippen MR) is 108 cm³/mol. The van der Waals surface area contributed by atoms with Crippen molar-refractivity contribution in [2.24, 2.45) is 0 Å². The third-order valence-electron chi connectivity index (χ3n) is 5.09. The number of aromatic amines is 1. The number of hydrogen-bond acceptors (Lipinski definition) is 4. The van der Waals surface area contributed by atoms with Crippen molar-refractivity contribution in [1.29, 1.82) is 0 Å². The number of H-pyrrole nitrogens is 1. The fourth-order valence-electron chi connectivity index (χ4n) is 3.69. The average Bonchev–Trinajstić information content (AvgIpc) is 3.33. The van der Waals surface area contributed by atoms with Gasteiger partial charge in [-0.3, -0.25) is 9.47 Å². The first-order chi connectivity index (χ1) is 13.8. The molecule has 28 heavy (non-hydrogen) atoms. The first-order valence-corrected chi connectivity index (χ1v) is 9.36. The van der Waals surface area contributed by atoms with Crippen LogP contribution in [-0.2, 0) is 6.54 Å². The Balaban J connectivity index is 1.32. The summed E-state index contributed by atoms with van der Waals surface area (Å²) in [6.07, 6.45) is 4.92. The van der Waals surface area contributed by atoms with Crippen LogP contribution in [-0.4, -0.2) is 42.5 Å². The van der Waals surface area contributed by atoms with Gasteiger partial charge in [0, 0.05) is 31.8 Å². The van der Waals surface area contributed by atoms with Crippen LogP contribution in [0.15, 0.2) is 71.7 Å². The maximum atomic E-state index is 12.4. The quantitative estimate of drug-likeness (QED) is 0.598. The van der Waals surface area contributed by atoms with E-state index in [0.29, 0.717) is 0 Å². The van der Waals surface area contributed by atoms with E-state index in [9.17, 15) is 4.79 Å². The van der Waals surface area contributed by atoms with E-state index in [0.717, 1.165) is 54.2 Å². The van der Waals surface area contributed by atoms with E-state index >= 15 is 0 Å². The smallest absolute Gasteiger partial charge is 0.305 e. The van der Waals surface area contributed by atoms with Gasteiger partial charge < -0.3 is 4.98 Å². The van der Waals surface area contributed by atoms with Crippen molar-refractivity contribution in [3.05, 3.63) is 83.0 Å². The van der Waals surface area contributed by atoms with Crippen molar-refractivity contribution < 1.29 is 0 Å². The molecule has 1 aliphatic rings. The topological polar surface area (TPSA) is 71.7 Å². The SMILES string of the molecule is O=c1[nH]c2ccccc2n1C1=CCN(Cc2cn(-c3ccccc3)nn2)CC1. The summed E-state index contributed by atoms with van der Waals surface area (Å²) in [6.45, 7) is 2.38. The van der Waals surface area contributed by atoms with Crippen LogP contribution in [0.25, 0.3) is 22.4 Å². The van der Waals surface area contributed by atoms with Gasteiger partial charge in [-0.25, -0.2) is 9.48 Å². The summed E-state index contributed by atoms with van der Waals surface area (Å²) >= 11 is 0. The van der Waals surface area contributed by atoms with Crippen molar-refractivity contribution in [1.82, 2.24) is 29.4 Å². The molecule has 0 saturated carbocycles. The Labute approximate surface area is 161 Å². The molecule has 0 aliphatic carbocycles. The number of aromatic nitrogens is 5. The van der Waals surface area contributed by atoms with E-state index in [2.05, 4.69) is 26.3 Å². The second-order valence-corrected chi connectivity index (χ2v) is 6.95. The van der Waals surface area contributed by atoms with Crippen LogP contribution < -0.4 is 5.69 Å². The third kappa shape index (κ3) is 3.05. The molecule has 2 aromatic heterocycles. The lowest BCUT2D eigenvalue weighted by atomic mass is 10.2. The minimum absolute atomic E-state index is 0.0771. The molecule has 140 valence electrons. The molecule has 3 heterocycles. The van der Waals surface area contributed by atoms with Crippen molar-refractivity contribution in [2.75, 3.05) is 13.1 Å². The van der Waals surface area contributed by atoms with E-state index in [1.165, 1.54) is 0 Å². The van der Waals surface area contributed by atoms with Gasteiger partial charge in [0.15, 0.2) is 0 Å². The molecule has 2 aromatic carbocycles. The fraction of sp³-hybridized carbons (Fsp3) is 0.190. The number of hydrogen-bond donors (Lipinski definition) is 1. The second-order valence-electron chi connectivity index (χ2n) is 6.95. The van der Waals surface area contributed by atoms with Crippen molar-refractivity contribution in [2.45, 2.75) is 13.0 Å². The molecule has 0 atom stereocenters. The van der Waals surface area contributed by atoms with Gasteiger partial charge in [-0.15, -0.1) is 5.10 Å². The largest absolute Gasteiger partial charge is 0.330 e. The maximum absolute atomic E-state index is 12.4. The third-order valence-corrected chi connectivity index (χ3v) is 5.09. The van der Waals surface area contributed by atoms with E-state index < -0.39 is 0 Å². The van der Waals surface area contributed by atoms with Crippen LogP contribution in [0.4, 0.5) is 0 Å². The number of nitrogens with zero attached hydrogens (tertiary/aromatic N) is 5. The number of benzene rings is 2. The Morgan fingerprint density at radius 3 is 2.68 bits per heavy atom. The lowest BCUT2D eigenvalue weighted by Gasteiger charge is -2.25. The van der Waals surface area contributed by atoms with Crippen LogP contribution >= 0.6 is 0 Å². The van der Waals surface area contributed by atoms with Gasteiger partial charge in [0.1, 0.15) is 0 Å². The highest BCUT2D eigenvalue weighted by Crippen LogP contribution is 2.20. The van der Waals surface area contributed by atoms with E-state index in [1.54, 1.807) is 9.25 Å². The fourth-order valence-corrected chi connectivity index (χ4v) is 3.69. The summed E-state index contributed by atoms with van der Waals surface area (Å²) in [5.74, 6) is 0.